The Morgan fingerprint density at radius 1 is 1.38 bits per heavy atom. The SMILES string of the molecule is CN1CCCC(c2cnn(C3CC3)c2)C1=O. The zero-order valence-corrected chi connectivity index (χ0v) is 9.59. The summed E-state index contributed by atoms with van der Waals surface area (Å²) in [5.74, 6) is 0.299. The number of likely N-dealkylation sites (N-methyl/N-ethyl adjacent to an activating group) is 1. The molecule has 0 aromatic carbocycles. The fraction of sp³-hybridized carbons (Fsp3) is 0.667. The monoisotopic (exact) mass is 219 g/mol. The third-order valence-corrected chi connectivity index (χ3v) is 3.61. The fourth-order valence-corrected chi connectivity index (χ4v) is 2.41. The van der Waals surface area contributed by atoms with Crippen molar-refractivity contribution < 1.29 is 4.79 Å². The van der Waals surface area contributed by atoms with E-state index in [1.807, 2.05) is 22.8 Å². The second-order valence-corrected chi connectivity index (χ2v) is 4.94. The number of nitrogens with zero attached hydrogens (tertiary/aromatic N) is 3. The number of carbonyl (C=O) groups excluding carboxylic acids is 1. The van der Waals surface area contributed by atoms with Crippen LogP contribution in [-0.4, -0.2) is 34.2 Å². The standard InChI is InChI=1S/C12H17N3O/c1-14-6-2-3-11(12(14)16)9-7-13-15(8-9)10-4-5-10/h7-8,10-11H,2-6H2,1H3. The summed E-state index contributed by atoms with van der Waals surface area (Å²) in [6.07, 6.45) is 8.49. The van der Waals surface area contributed by atoms with Crippen LogP contribution in [0.2, 0.25) is 0 Å². The van der Waals surface area contributed by atoms with Crippen LogP contribution in [0.15, 0.2) is 12.4 Å². The maximum absolute atomic E-state index is 12.0. The Morgan fingerprint density at radius 2 is 2.19 bits per heavy atom. The molecule has 2 fully saturated rings. The maximum Gasteiger partial charge on any atom is 0.229 e. The first-order chi connectivity index (χ1) is 7.75. The van der Waals surface area contributed by atoms with Crippen molar-refractivity contribution in [2.24, 2.45) is 0 Å². The summed E-state index contributed by atoms with van der Waals surface area (Å²) in [4.78, 5) is 13.8. The van der Waals surface area contributed by atoms with Crippen molar-refractivity contribution in [3.63, 3.8) is 0 Å². The van der Waals surface area contributed by atoms with Crippen LogP contribution in [-0.2, 0) is 4.79 Å². The van der Waals surface area contributed by atoms with Gasteiger partial charge in [0, 0.05) is 25.4 Å². The summed E-state index contributed by atoms with van der Waals surface area (Å²) in [7, 11) is 1.89. The van der Waals surface area contributed by atoms with E-state index in [2.05, 4.69) is 11.3 Å². The van der Waals surface area contributed by atoms with Gasteiger partial charge in [-0.1, -0.05) is 0 Å². The van der Waals surface area contributed by atoms with Crippen molar-refractivity contribution in [1.82, 2.24) is 14.7 Å². The lowest BCUT2D eigenvalue weighted by Gasteiger charge is -2.28. The van der Waals surface area contributed by atoms with Gasteiger partial charge in [-0.25, -0.2) is 0 Å². The van der Waals surface area contributed by atoms with Gasteiger partial charge in [-0.3, -0.25) is 9.48 Å². The van der Waals surface area contributed by atoms with Gasteiger partial charge in [0.05, 0.1) is 18.2 Å². The van der Waals surface area contributed by atoms with Crippen LogP contribution in [0.1, 0.15) is 43.2 Å². The molecule has 1 aromatic rings. The van der Waals surface area contributed by atoms with E-state index in [0.29, 0.717) is 6.04 Å². The summed E-state index contributed by atoms with van der Waals surface area (Å²) >= 11 is 0. The average molecular weight is 219 g/mol. The molecule has 4 heteroatoms. The summed E-state index contributed by atoms with van der Waals surface area (Å²) in [6.45, 7) is 0.895. The molecule has 1 saturated heterocycles. The molecule has 2 aliphatic rings. The van der Waals surface area contributed by atoms with Gasteiger partial charge in [-0.2, -0.15) is 5.10 Å². The molecule has 1 aliphatic heterocycles. The number of piperidine rings is 1. The zero-order chi connectivity index (χ0) is 11.1. The van der Waals surface area contributed by atoms with Gasteiger partial charge in [0.25, 0.3) is 0 Å². The molecule has 0 spiro atoms. The number of rotatable bonds is 2. The second-order valence-electron chi connectivity index (χ2n) is 4.94. The molecule has 1 aromatic heterocycles. The quantitative estimate of drug-likeness (QED) is 0.757. The van der Waals surface area contributed by atoms with Gasteiger partial charge in [-0.15, -0.1) is 0 Å². The Balaban J connectivity index is 1.81. The highest BCUT2D eigenvalue weighted by Gasteiger charge is 2.30. The minimum absolute atomic E-state index is 0.0475. The van der Waals surface area contributed by atoms with Gasteiger partial charge in [0.15, 0.2) is 0 Å². The van der Waals surface area contributed by atoms with Crippen LogP contribution in [0.3, 0.4) is 0 Å². The van der Waals surface area contributed by atoms with Gasteiger partial charge in [0.2, 0.25) is 5.91 Å². The first-order valence-electron chi connectivity index (χ1n) is 6.05. The molecular formula is C12H17N3O. The Labute approximate surface area is 95.2 Å². The van der Waals surface area contributed by atoms with E-state index in [1.54, 1.807) is 0 Å². The molecule has 1 atom stereocenters. The van der Waals surface area contributed by atoms with Gasteiger partial charge >= 0.3 is 0 Å². The summed E-state index contributed by atoms with van der Waals surface area (Å²) < 4.78 is 2.03. The number of hydrogen-bond acceptors (Lipinski definition) is 2. The summed E-state index contributed by atoms with van der Waals surface area (Å²) in [5.41, 5.74) is 1.10. The predicted octanol–water partition coefficient (Wildman–Crippen LogP) is 1.55. The smallest absolute Gasteiger partial charge is 0.229 e. The molecule has 86 valence electrons. The molecule has 1 aliphatic carbocycles. The molecule has 3 rings (SSSR count). The molecule has 0 bridgehead atoms. The van der Waals surface area contributed by atoms with E-state index in [1.165, 1.54) is 12.8 Å². The largest absolute Gasteiger partial charge is 0.345 e. The van der Waals surface area contributed by atoms with E-state index in [9.17, 15) is 4.79 Å². The van der Waals surface area contributed by atoms with Crippen LogP contribution in [0.25, 0.3) is 0 Å². The number of hydrogen-bond donors (Lipinski definition) is 0. The molecule has 0 N–H and O–H groups in total. The molecular weight excluding hydrogens is 202 g/mol. The van der Waals surface area contributed by atoms with Gasteiger partial charge < -0.3 is 4.90 Å². The lowest BCUT2D eigenvalue weighted by atomic mass is 9.92. The minimum atomic E-state index is 0.0475. The Morgan fingerprint density at radius 3 is 2.94 bits per heavy atom. The number of carbonyl (C=O) groups is 1. The summed E-state index contributed by atoms with van der Waals surface area (Å²) in [5, 5.41) is 4.36. The van der Waals surface area contributed by atoms with Gasteiger partial charge in [0.1, 0.15) is 0 Å². The van der Waals surface area contributed by atoms with Crippen molar-refractivity contribution in [1.29, 1.82) is 0 Å². The molecule has 1 unspecified atom stereocenters. The van der Waals surface area contributed by atoms with Crippen LogP contribution in [0.5, 0.6) is 0 Å². The normalized spacial score (nSPS) is 26.2. The van der Waals surface area contributed by atoms with Crippen LogP contribution in [0.4, 0.5) is 0 Å². The third-order valence-electron chi connectivity index (χ3n) is 3.61. The molecule has 0 radical (unpaired) electrons. The van der Waals surface area contributed by atoms with E-state index < -0.39 is 0 Å². The minimum Gasteiger partial charge on any atom is -0.345 e. The van der Waals surface area contributed by atoms with Crippen molar-refractivity contribution in [3.05, 3.63) is 18.0 Å². The molecule has 16 heavy (non-hydrogen) atoms. The second kappa shape index (κ2) is 3.61. The molecule has 1 saturated carbocycles. The lowest BCUT2D eigenvalue weighted by molar-refractivity contribution is -0.133. The Hall–Kier alpha value is -1.32. The van der Waals surface area contributed by atoms with Crippen LogP contribution < -0.4 is 0 Å². The van der Waals surface area contributed by atoms with E-state index in [-0.39, 0.29) is 11.8 Å². The zero-order valence-electron chi connectivity index (χ0n) is 9.59. The lowest BCUT2D eigenvalue weighted by Crippen LogP contribution is -2.36. The number of likely N-dealkylation sites (tertiary alicyclic amines) is 1. The molecule has 2 heterocycles. The predicted molar refractivity (Wildman–Crippen MR) is 60.1 cm³/mol. The number of amides is 1. The van der Waals surface area contributed by atoms with Crippen LogP contribution in [0, 0.1) is 0 Å². The highest BCUT2D eigenvalue weighted by Crippen LogP contribution is 2.35. The third kappa shape index (κ3) is 1.62. The van der Waals surface area contributed by atoms with Gasteiger partial charge in [-0.05, 0) is 25.7 Å². The first-order valence-corrected chi connectivity index (χ1v) is 6.05. The molecule has 4 nitrogen and oxygen atoms in total. The average Bonchev–Trinajstić information content (AvgIpc) is 3.02. The van der Waals surface area contributed by atoms with Crippen molar-refractivity contribution in [2.45, 2.75) is 37.6 Å². The van der Waals surface area contributed by atoms with E-state index in [0.717, 1.165) is 24.9 Å². The van der Waals surface area contributed by atoms with Crippen molar-refractivity contribution in [3.8, 4) is 0 Å². The summed E-state index contributed by atoms with van der Waals surface area (Å²) in [6, 6.07) is 0.602. The number of aromatic nitrogens is 2. The maximum atomic E-state index is 12.0. The van der Waals surface area contributed by atoms with Crippen molar-refractivity contribution in [2.75, 3.05) is 13.6 Å². The highest BCUT2D eigenvalue weighted by molar-refractivity contribution is 5.84. The van der Waals surface area contributed by atoms with E-state index in [4.69, 9.17) is 0 Å². The Bertz CT molecular complexity index is 408. The van der Waals surface area contributed by atoms with E-state index >= 15 is 0 Å². The fourth-order valence-electron chi connectivity index (χ4n) is 2.41. The van der Waals surface area contributed by atoms with Crippen molar-refractivity contribution >= 4 is 5.91 Å². The Kier molecular flexibility index (Phi) is 2.23. The highest BCUT2D eigenvalue weighted by atomic mass is 16.2. The first kappa shape index (κ1) is 9.87. The van der Waals surface area contributed by atoms with Crippen LogP contribution >= 0.6 is 0 Å². The molecule has 1 amide bonds. The topological polar surface area (TPSA) is 38.1 Å².